The first-order valence-corrected chi connectivity index (χ1v) is 0.333. The van der Waals surface area contributed by atoms with E-state index in [4.69, 9.17) is 0 Å². The Balaban J connectivity index is -0.00000000500. The van der Waals surface area contributed by atoms with E-state index in [1.807, 2.05) is 0 Å². The summed E-state index contributed by atoms with van der Waals surface area (Å²) in [4.78, 5) is 0. The van der Waals surface area contributed by atoms with E-state index in [9.17, 15) is 0 Å². The molecule has 0 unspecified atom stereocenters. The fraction of sp³-hybridized carbons (Fsp3) is 0. The maximum Gasteiger partial charge on any atom is 0 e. The van der Waals surface area contributed by atoms with Crippen LogP contribution < -0.4 is 11.7 Å². The maximum atomic E-state index is 4.00. The van der Waals surface area contributed by atoms with Crippen LogP contribution in [0.25, 0.3) is 0 Å². The summed E-state index contributed by atoms with van der Waals surface area (Å²) in [7, 11) is 0. The first kappa shape index (κ1) is 24.0. The Morgan fingerprint density at radius 1 is 1.00 bits per heavy atom. The molecule has 0 amide bonds. The third kappa shape index (κ3) is 20.6. The van der Waals surface area contributed by atoms with Gasteiger partial charge in [0.25, 0.3) is 0 Å². The van der Waals surface area contributed by atoms with Gasteiger partial charge < -0.3 is 5.48 Å². The van der Waals surface area contributed by atoms with Gasteiger partial charge in [-0.2, -0.15) is 0 Å². The van der Waals surface area contributed by atoms with Crippen molar-refractivity contribution in [3.05, 3.63) is 0 Å². The Bertz CT molecular complexity index is 6.00. The van der Waals surface area contributed by atoms with Gasteiger partial charge in [0.15, 0.2) is 0 Å². The summed E-state index contributed by atoms with van der Waals surface area (Å²) in [5.74, 6) is 8.00. The average molecular weight is 156 g/mol. The summed E-state index contributed by atoms with van der Waals surface area (Å²) >= 11 is 0. The zero-order chi connectivity index (χ0) is 2.00. The van der Waals surface area contributed by atoms with Crippen molar-refractivity contribution in [2.24, 2.45) is 11.7 Å². The van der Waals surface area contributed by atoms with Crippen molar-refractivity contribution < 1.29 is 25.9 Å². The summed E-state index contributed by atoms with van der Waals surface area (Å²) in [6.07, 6.45) is 0. The number of hydrogen-bond donors (Lipinski definition) is 2. The van der Waals surface area contributed by atoms with E-state index in [0.717, 1.165) is 0 Å². The van der Waals surface area contributed by atoms with Gasteiger partial charge in [-0.15, -0.1) is 0 Å². The Hall–Kier alpha value is 0.542. The molecule has 0 aliphatic rings. The quantitative estimate of drug-likeness (QED) is 0.241. The zero-order valence-corrected chi connectivity index (χ0v) is 3.53. The van der Waals surface area contributed by atoms with E-state index in [2.05, 4.69) is 11.7 Å². The molecular formula is H6N2OPd. The zero-order valence-electron chi connectivity index (χ0n) is 1.97. The predicted molar refractivity (Wildman–Crippen MR) is 12.0 cm³/mol. The Labute approximate surface area is 38.3 Å². The van der Waals surface area contributed by atoms with Crippen LogP contribution in [0.2, 0.25) is 0 Å². The maximum absolute atomic E-state index is 4.00. The van der Waals surface area contributed by atoms with Crippen LogP contribution in [0, 0.1) is 0 Å². The van der Waals surface area contributed by atoms with Crippen LogP contribution in [0.15, 0.2) is 0 Å². The average Bonchev–Trinajstić information content (AvgIpc) is 1.00. The van der Waals surface area contributed by atoms with Crippen molar-refractivity contribution in [1.82, 2.24) is 0 Å². The summed E-state index contributed by atoms with van der Waals surface area (Å²) in [6.45, 7) is 0. The molecule has 0 spiro atoms. The molecule has 0 radical (unpaired) electrons. The van der Waals surface area contributed by atoms with Gasteiger partial charge in [-0.3, -0.25) is 11.7 Å². The van der Waals surface area contributed by atoms with Gasteiger partial charge in [-0.05, 0) is 0 Å². The molecule has 0 saturated carbocycles. The van der Waals surface area contributed by atoms with Crippen molar-refractivity contribution in [2.45, 2.75) is 0 Å². The predicted octanol–water partition coefficient (Wildman–Crippen LogP) is -2.01. The van der Waals surface area contributed by atoms with Crippen LogP contribution in [0.1, 0.15) is 0 Å². The Morgan fingerprint density at radius 2 is 1.00 bits per heavy atom. The minimum Gasteiger partial charge on any atom is -0.412 e. The minimum absolute atomic E-state index is 0. The molecule has 4 heteroatoms. The van der Waals surface area contributed by atoms with Gasteiger partial charge >= 0.3 is 0 Å². The fourth-order valence-corrected chi connectivity index (χ4v) is 0. The van der Waals surface area contributed by atoms with Crippen LogP contribution in [0.5, 0.6) is 0 Å². The third-order valence-corrected chi connectivity index (χ3v) is 0. The third-order valence-electron chi connectivity index (χ3n) is 0. The molecule has 0 aliphatic heterocycles. The summed E-state index contributed by atoms with van der Waals surface area (Å²) < 4.78 is 0. The van der Waals surface area contributed by atoms with Gasteiger partial charge in [-0.1, -0.05) is 0 Å². The van der Waals surface area contributed by atoms with Crippen LogP contribution in [-0.2, 0) is 20.4 Å². The van der Waals surface area contributed by atoms with Crippen LogP contribution in [0.4, 0.5) is 0 Å². The monoisotopic (exact) mass is 156 g/mol. The van der Waals surface area contributed by atoms with Crippen molar-refractivity contribution in [1.29, 1.82) is 0 Å². The molecule has 0 aliphatic carbocycles. The Morgan fingerprint density at radius 3 is 1.00 bits per heavy atom. The van der Waals surface area contributed by atoms with Crippen molar-refractivity contribution in [3.63, 3.8) is 0 Å². The molecule has 6 N–H and O–H groups in total. The first-order chi connectivity index (χ1) is 1.00. The largest absolute Gasteiger partial charge is 0.412 e. The van der Waals surface area contributed by atoms with E-state index in [0.29, 0.717) is 0 Å². The van der Waals surface area contributed by atoms with Gasteiger partial charge in [0.1, 0.15) is 0 Å². The minimum atomic E-state index is 0. The molecule has 0 aromatic carbocycles. The Kier molecular flexibility index (Phi) is 466. The molecule has 0 atom stereocenters. The molecule has 0 rings (SSSR count). The number of nitrogens with two attached hydrogens (primary N) is 2. The topological polar surface area (TPSA) is 83.5 Å². The van der Waals surface area contributed by atoms with E-state index < -0.39 is 0 Å². The molecule has 32 valence electrons. The molecule has 0 aromatic heterocycles. The molecule has 0 saturated heterocycles. The van der Waals surface area contributed by atoms with Crippen molar-refractivity contribution in [3.8, 4) is 0 Å². The number of rotatable bonds is 0. The molecule has 0 aromatic rings. The molecule has 0 heterocycles. The summed E-state index contributed by atoms with van der Waals surface area (Å²) in [6, 6.07) is 0. The second-order valence-corrected chi connectivity index (χ2v) is 0. The normalized spacial score (nSPS) is 1.50. The summed E-state index contributed by atoms with van der Waals surface area (Å²) in [5, 5.41) is 0. The molecule has 0 bridgehead atoms. The second kappa shape index (κ2) is 77.8. The van der Waals surface area contributed by atoms with Crippen molar-refractivity contribution in [2.75, 3.05) is 0 Å². The number of hydrazine groups is 1. The standard InChI is InChI=1S/H4N2.H2O.Pd/c1-2;;/h1-2H2;1H2;. The van der Waals surface area contributed by atoms with Gasteiger partial charge in [-0.25, -0.2) is 0 Å². The van der Waals surface area contributed by atoms with Gasteiger partial charge in [0.05, 0.1) is 0 Å². The SMILES string of the molecule is NN.O.[Pd]. The second-order valence-electron chi connectivity index (χ2n) is 0. The molecular weight excluding hydrogens is 150 g/mol. The smallest absolute Gasteiger partial charge is 0 e. The van der Waals surface area contributed by atoms with E-state index in [1.165, 1.54) is 0 Å². The van der Waals surface area contributed by atoms with Crippen LogP contribution >= 0.6 is 0 Å². The van der Waals surface area contributed by atoms with Crippen LogP contribution in [0.3, 0.4) is 0 Å². The molecule has 0 fully saturated rings. The fourth-order valence-electron chi connectivity index (χ4n) is 0. The van der Waals surface area contributed by atoms with E-state index in [-0.39, 0.29) is 25.9 Å². The summed E-state index contributed by atoms with van der Waals surface area (Å²) in [5.41, 5.74) is 0. The van der Waals surface area contributed by atoms with E-state index in [1.54, 1.807) is 0 Å². The van der Waals surface area contributed by atoms with Crippen molar-refractivity contribution >= 4 is 0 Å². The van der Waals surface area contributed by atoms with Crippen LogP contribution in [-0.4, -0.2) is 5.48 Å². The molecule has 4 heavy (non-hydrogen) atoms. The molecule has 3 nitrogen and oxygen atoms in total. The number of hydrogen-bond acceptors (Lipinski definition) is 2. The van der Waals surface area contributed by atoms with Gasteiger partial charge in [0.2, 0.25) is 0 Å². The van der Waals surface area contributed by atoms with Gasteiger partial charge in [0, 0.05) is 20.4 Å². The first-order valence-electron chi connectivity index (χ1n) is 0.333. The van der Waals surface area contributed by atoms with E-state index >= 15 is 0 Å².